The van der Waals surface area contributed by atoms with Crippen molar-refractivity contribution < 1.29 is 4.79 Å². The van der Waals surface area contributed by atoms with Gasteiger partial charge in [-0.2, -0.15) is 15.2 Å². The zero-order valence-corrected chi connectivity index (χ0v) is 14.7. The number of aromatic amines is 1. The highest BCUT2D eigenvalue weighted by atomic mass is 16.2. The van der Waals surface area contributed by atoms with Crippen LogP contribution in [-0.2, 0) is 11.3 Å². The van der Waals surface area contributed by atoms with Gasteiger partial charge in [-0.3, -0.25) is 19.9 Å². The second kappa shape index (κ2) is 6.10. The van der Waals surface area contributed by atoms with Gasteiger partial charge in [0.05, 0.1) is 11.9 Å². The second-order valence-corrected chi connectivity index (χ2v) is 6.23. The van der Waals surface area contributed by atoms with Gasteiger partial charge in [-0.05, 0) is 38.5 Å². The van der Waals surface area contributed by atoms with Crippen LogP contribution in [0.4, 0.5) is 5.95 Å². The molecule has 132 valence electrons. The molecule has 0 saturated carbocycles. The molecule has 0 radical (unpaired) electrons. The van der Waals surface area contributed by atoms with E-state index in [1.807, 2.05) is 39.1 Å². The number of hydrogen-bond donors (Lipinski definition) is 2. The second-order valence-electron chi connectivity index (χ2n) is 6.23. The van der Waals surface area contributed by atoms with Crippen molar-refractivity contribution in [2.75, 3.05) is 5.32 Å². The van der Waals surface area contributed by atoms with E-state index < -0.39 is 0 Å². The highest BCUT2D eigenvalue weighted by Gasteiger charge is 2.13. The zero-order chi connectivity index (χ0) is 18.3. The number of nitrogens with zero attached hydrogens (tertiary/aromatic N) is 6. The highest BCUT2D eigenvalue weighted by molar-refractivity contribution is 5.88. The maximum Gasteiger partial charge on any atom is 0.249 e. The SMILES string of the molecule is Cc1cnn(CC(=O)Nc2nc3ccc(-c4c(C)n[nH]c4C)cn3n2)c1. The van der Waals surface area contributed by atoms with Gasteiger partial charge in [0.25, 0.3) is 0 Å². The Morgan fingerprint density at radius 1 is 1.23 bits per heavy atom. The van der Waals surface area contributed by atoms with Crippen molar-refractivity contribution in [2.45, 2.75) is 27.3 Å². The predicted octanol–water partition coefficient (Wildman–Crippen LogP) is 1.88. The van der Waals surface area contributed by atoms with Gasteiger partial charge in [-0.1, -0.05) is 0 Å². The Hall–Kier alpha value is -3.49. The van der Waals surface area contributed by atoms with Crippen molar-refractivity contribution in [3.05, 3.63) is 47.7 Å². The van der Waals surface area contributed by atoms with Gasteiger partial charge in [0, 0.05) is 29.2 Å². The number of amides is 1. The van der Waals surface area contributed by atoms with Crippen LogP contribution < -0.4 is 5.32 Å². The minimum atomic E-state index is -0.231. The molecule has 0 bridgehead atoms. The normalized spacial score (nSPS) is 11.2. The maximum atomic E-state index is 12.1. The number of rotatable bonds is 4. The molecule has 4 aromatic rings. The maximum absolute atomic E-state index is 12.1. The molecule has 0 aliphatic carbocycles. The summed E-state index contributed by atoms with van der Waals surface area (Å²) < 4.78 is 3.22. The number of anilines is 1. The number of carbonyl (C=O) groups excluding carboxylic acids is 1. The monoisotopic (exact) mass is 350 g/mol. The lowest BCUT2D eigenvalue weighted by atomic mass is 10.1. The summed E-state index contributed by atoms with van der Waals surface area (Å²) in [5.74, 6) is 0.0300. The molecule has 1 amide bonds. The number of H-pyrrole nitrogens is 1. The fourth-order valence-electron chi connectivity index (χ4n) is 2.92. The Balaban J connectivity index is 1.57. The van der Waals surface area contributed by atoms with Crippen LogP contribution in [0.1, 0.15) is 17.0 Å². The van der Waals surface area contributed by atoms with E-state index in [-0.39, 0.29) is 18.4 Å². The van der Waals surface area contributed by atoms with Crippen LogP contribution in [0.2, 0.25) is 0 Å². The summed E-state index contributed by atoms with van der Waals surface area (Å²) >= 11 is 0. The lowest BCUT2D eigenvalue weighted by Gasteiger charge is -2.01. The first-order chi connectivity index (χ1) is 12.5. The van der Waals surface area contributed by atoms with E-state index >= 15 is 0 Å². The fraction of sp³-hybridized carbons (Fsp3) is 0.235. The Bertz CT molecular complexity index is 1080. The third kappa shape index (κ3) is 2.94. The summed E-state index contributed by atoms with van der Waals surface area (Å²) in [4.78, 5) is 16.5. The molecule has 0 aliphatic rings. The van der Waals surface area contributed by atoms with Gasteiger partial charge in [-0.25, -0.2) is 4.52 Å². The summed E-state index contributed by atoms with van der Waals surface area (Å²) in [6, 6.07) is 3.83. The minimum absolute atomic E-state index is 0.113. The smallest absolute Gasteiger partial charge is 0.249 e. The Morgan fingerprint density at radius 2 is 2.08 bits per heavy atom. The van der Waals surface area contributed by atoms with Crippen LogP contribution in [-0.4, -0.2) is 40.5 Å². The number of pyridine rings is 1. The molecular weight excluding hydrogens is 332 g/mol. The summed E-state index contributed by atoms with van der Waals surface area (Å²) in [5.41, 5.74) is 5.59. The first kappa shape index (κ1) is 16.0. The van der Waals surface area contributed by atoms with Gasteiger partial charge in [0.1, 0.15) is 6.54 Å². The van der Waals surface area contributed by atoms with Crippen LogP contribution in [0, 0.1) is 20.8 Å². The number of aromatic nitrogens is 7. The van der Waals surface area contributed by atoms with E-state index in [2.05, 4.69) is 30.7 Å². The molecule has 0 aliphatic heterocycles. The zero-order valence-electron chi connectivity index (χ0n) is 14.7. The topological polar surface area (TPSA) is 106 Å². The van der Waals surface area contributed by atoms with Crippen molar-refractivity contribution in [1.29, 1.82) is 0 Å². The Kier molecular flexibility index (Phi) is 3.76. The number of fused-ring (bicyclic) bond motifs is 1. The first-order valence-electron chi connectivity index (χ1n) is 8.17. The molecule has 0 unspecified atom stereocenters. The standard InChI is InChI=1S/C17H18N8O/c1-10-6-18-24(7-10)9-15(26)20-17-19-14-5-4-13(8-25(14)23-17)16-11(2)21-22-12(16)3/h4-8H,9H2,1-3H3,(H,21,22)(H,20,23,26). The molecule has 0 fully saturated rings. The van der Waals surface area contributed by atoms with Gasteiger partial charge in [0.15, 0.2) is 5.65 Å². The molecule has 0 aromatic carbocycles. The van der Waals surface area contributed by atoms with E-state index in [1.165, 1.54) is 0 Å². The number of nitrogens with one attached hydrogen (secondary N) is 2. The molecule has 4 aromatic heterocycles. The van der Waals surface area contributed by atoms with Crippen molar-refractivity contribution in [1.82, 2.24) is 34.6 Å². The van der Waals surface area contributed by atoms with Crippen molar-refractivity contribution in [2.24, 2.45) is 0 Å². The molecule has 0 atom stereocenters. The van der Waals surface area contributed by atoms with Crippen LogP contribution >= 0.6 is 0 Å². The Labute approximate surface area is 149 Å². The van der Waals surface area contributed by atoms with E-state index in [1.54, 1.807) is 21.6 Å². The largest absolute Gasteiger partial charge is 0.292 e. The number of aryl methyl sites for hydroxylation is 3. The molecule has 0 spiro atoms. The van der Waals surface area contributed by atoms with Gasteiger partial charge in [0.2, 0.25) is 11.9 Å². The van der Waals surface area contributed by atoms with E-state index in [4.69, 9.17) is 0 Å². The van der Waals surface area contributed by atoms with E-state index in [0.717, 1.165) is 28.1 Å². The molecule has 0 saturated heterocycles. The average molecular weight is 350 g/mol. The van der Waals surface area contributed by atoms with Gasteiger partial charge < -0.3 is 0 Å². The average Bonchev–Trinajstić information content (AvgIpc) is 3.26. The summed E-state index contributed by atoms with van der Waals surface area (Å²) in [5, 5.41) is 18.3. The van der Waals surface area contributed by atoms with Crippen LogP contribution in [0.25, 0.3) is 16.8 Å². The van der Waals surface area contributed by atoms with Crippen molar-refractivity contribution in [3.63, 3.8) is 0 Å². The number of carbonyl (C=O) groups is 1. The third-order valence-electron chi connectivity index (χ3n) is 4.07. The molecule has 9 heteroatoms. The van der Waals surface area contributed by atoms with Crippen molar-refractivity contribution >= 4 is 17.5 Å². The molecule has 4 rings (SSSR count). The van der Waals surface area contributed by atoms with Crippen LogP contribution in [0.15, 0.2) is 30.7 Å². The molecule has 2 N–H and O–H groups in total. The van der Waals surface area contributed by atoms with Crippen LogP contribution in [0.3, 0.4) is 0 Å². The summed E-state index contributed by atoms with van der Waals surface area (Å²) in [6.07, 6.45) is 5.38. The van der Waals surface area contributed by atoms with Crippen molar-refractivity contribution in [3.8, 4) is 11.1 Å². The molecule has 26 heavy (non-hydrogen) atoms. The van der Waals surface area contributed by atoms with Gasteiger partial charge >= 0.3 is 0 Å². The predicted molar refractivity (Wildman–Crippen MR) is 95.6 cm³/mol. The summed E-state index contributed by atoms with van der Waals surface area (Å²) in [7, 11) is 0. The molecule has 4 heterocycles. The third-order valence-corrected chi connectivity index (χ3v) is 4.07. The van der Waals surface area contributed by atoms with E-state index in [0.29, 0.717) is 5.65 Å². The lowest BCUT2D eigenvalue weighted by molar-refractivity contribution is -0.116. The highest BCUT2D eigenvalue weighted by Crippen LogP contribution is 2.25. The fourth-order valence-corrected chi connectivity index (χ4v) is 2.92. The Morgan fingerprint density at radius 3 is 2.77 bits per heavy atom. The minimum Gasteiger partial charge on any atom is -0.292 e. The first-order valence-corrected chi connectivity index (χ1v) is 8.17. The molecule has 9 nitrogen and oxygen atoms in total. The van der Waals surface area contributed by atoms with E-state index in [9.17, 15) is 4.79 Å². The lowest BCUT2D eigenvalue weighted by Crippen LogP contribution is -2.19. The van der Waals surface area contributed by atoms with Gasteiger partial charge in [-0.15, -0.1) is 5.10 Å². The molecular formula is C17H18N8O. The van der Waals surface area contributed by atoms with Crippen LogP contribution in [0.5, 0.6) is 0 Å². The quantitative estimate of drug-likeness (QED) is 0.584. The summed E-state index contributed by atoms with van der Waals surface area (Å²) in [6.45, 7) is 5.96. The number of hydrogen-bond acceptors (Lipinski definition) is 5.